The Morgan fingerprint density at radius 1 is 1.12 bits per heavy atom. The molecule has 0 saturated carbocycles. The van der Waals surface area contributed by atoms with Crippen molar-refractivity contribution in [1.29, 1.82) is 0 Å². The second kappa shape index (κ2) is 7.05. The van der Waals surface area contributed by atoms with Crippen molar-refractivity contribution in [1.82, 2.24) is 9.78 Å². The van der Waals surface area contributed by atoms with Gasteiger partial charge in [0.05, 0.1) is 16.3 Å². The van der Waals surface area contributed by atoms with Crippen molar-refractivity contribution in [2.45, 2.75) is 13.8 Å². The third kappa shape index (κ3) is 3.48. The van der Waals surface area contributed by atoms with E-state index in [1.54, 1.807) is 22.9 Å². The largest absolute Gasteiger partial charge is 0.477 e. The normalized spacial score (nSPS) is 11.2. The van der Waals surface area contributed by atoms with Crippen LogP contribution in [0.15, 0.2) is 42.5 Å². The lowest BCUT2D eigenvalue weighted by Gasteiger charge is -2.04. The average Bonchev–Trinajstić information content (AvgIpc) is 3.20. The van der Waals surface area contributed by atoms with Crippen LogP contribution in [0.25, 0.3) is 11.8 Å². The lowest BCUT2D eigenvalue weighted by atomic mass is 10.1. The molecule has 0 amide bonds. The molecule has 0 saturated heterocycles. The van der Waals surface area contributed by atoms with Crippen molar-refractivity contribution in [3.63, 3.8) is 0 Å². The first-order valence-corrected chi connectivity index (χ1v) is 8.56. The van der Waals surface area contributed by atoms with Crippen LogP contribution >= 0.6 is 11.3 Å². The summed E-state index contributed by atoms with van der Waals surface area (Å²) in [4.78, 5) is 23.6. The summed E-state index contributed by atoms with van der Waals surface area (Å²) in [6, 6.07) is 8.90. The molecule has 0 radical (unpaired) electrons. The molecule has 3 aromatic rings. The summed E-state index contributed by atoms with van der Waals surface area (Å²) in [5, 5.41) is 13.4. The van der Waals surface area contributed by atoms with Crippen LogP contribution in [-0.4, -0.2) is 26.6 Å². The molecule has 1 N–H and O–H groups in total. The molecule has 0 unspecified atom stereocenters. The smallest absolute Gasteiger partial charge is 0.345 e. The minimum atomic E-state index is -1.05. The molecule has 2 heterocycles. The molecule has 0 bridgehead atoms. The fraction of sp³-hybridized carbons (Fsp3) is 0.105. The molecule has 2 aromatic heterocycles. The van der Waals surface area contributed by atoms with Crippen molar-refractivity contribution in [3.8, 4) is 5.69 Å². The van der Waals surface area contributed by atoms with Crippen molar-refractivity contribution in [2.24, 2.45) is 0 Å². The fourth-order valence-electron chi connectivity index (χ4n) is 2.56. The number of allylic oxidation sites excluding steroid dienone is 1. The van der Waals surface area contributed by atoms with E-state index in [1.807, 2.05) is 13.8 Å². The van der Waals surface area contributed by atoms with Crippen LogP contribution in [0.3, 0.4) is 0 Å². The first-order chi connectivity index (χ1) is 12.4. The fourth-order valence-corrected chi connectivity index (χ4v) is 3.32. The minimum absolute atomic E-state index is 0.123. The molecule has 7 heteroatoms. The zero-order valence-electron chi connectivity index (χ0n) is 14.1. The van der Waals surface area contributed by atoms with Crippen LogP contribution in [0.4, 0.5) is 4.39 Å². The van der Waals surface area contributed by atoms with Crippen LogP contribution in [0.1, 0.15) is 36.3 Å². The van der Waals surface area contributed by atoms with Crippen molar-refractivity contribution < 1.29 is 19.1 Å². The number of hydrogen-bond donors (Lipinski definition) is 1. The number of carboxylic acids is 1. The van der Waals surface area contributed by atoms with Gasteiger partial charge in [-0.3, -0.25) is 4.79 Å². The predicted octanol–water partition coefficient (Wildman–Crippen LogP) is 4.28. The second-order valence-electron chi connectivity index (χ2n) is 5.64. The van der Waals surface area contributed by atoms with Gasteiger partial charge in [0.2, 0.25) is 0 Å². The Labute approximate surface area is 153 Å². The van der Waals surface area contributed by atoms with Gasteiger partial charge in [-0.2, -0.15) is 5.10 Å². The summed E-state index contributed by atoms with van der Waals surface area (Å²) in [7, 11) is 0. The minimum Gasteiger partial charge on any atom is -0.477 e. The predicted molar refractivity (Wildman–Crippen MR) is 97.6 cm³/mol. The number of carbonyl (C=O) groups excluding carboxylic acids is 1. The average molecular weight is 370 g/mol. The number of carbonyl (C=O) groups is 2. The molecule has 0 fully saturated rings. The third-order valence-corrected chi connectivity index (χ3v) is 4.97. The lowest BCUT2D eigenvalue weighted by molar-refractivity contribution is 0.0702. The molecular weight excluding hydrogens is 355 g/mol. The van der Waals surface area contributed by atoms with Crippen molar-refractivity contribution in [3.05, 3.63) is 75.0 Å². The van der Waals surface area contributed by atoms with E-state index in [-0.39, 0.29) is 16.5 Å². The van der Waals surface area contributed by atoms with Gasteiger partial charge < -0.3 is 5.11 Å². The van der Waals surface area contributed by atoms with Gasteiger partial charge in [-0.15, -0.1) is 11.3 Å². The zero-order chi connectivity index (χ0) is 18.8. The number of aromatic nitrogens is 2. The molecular formula is C19H15FN2O3S. The van der Waals surface area contributed by atoms with Crippen LogP contribution in [-0.2, 0) is 0 Å². The third-order valence-electron chi connectivity index (χ3n) is 3.88. The topological polar surface area (TPSA) is 72.2 Å². The van der Waals surface area contributed by atoms with Gasteiger partial charge >= 0.3 is 5.97 Å². The standard InChI is InChI=1S/C19H15FN2O3S/c1-11-15(7-8-16(23)17-9-10-18(26-17)19(24)25)12(2)22(21-11)14-5-3-13(20)4-6-14/h3-10H,1-2H3,(H,24,25)/b8-7+. The molecule has 0 spiro atoms. The molecule has 5 nitrogen and oxygen atoms in total. The van der Waals surface area contributed by atoms with E-state index in [1.165, 1.54) is 30.3 Å². The Bertz CT molecular complexity index is 1020. The quantitative estimate of drug-likeness (QED) is 0.537. The van der Waals surface area contributed by atoms with Crippen LogP contribution in [0.5, 0.6) is 0 Å². The first kappa shape index (κ1) is 17.8. The number of ketones is 1. The number of aromatic carboxylic acids is 1. The molecule has 0 atom stereocenters. The van der Waals surface area contributed by atoms with E-state index < -0.39 is 5.97 Å². The number of benzene rings is 1. The highest BCUT2D eigenvalue weighted by Gasteiger charge is 2.13. The van der Waals surface area contributed by atoms with E-state index in [0.717, 1.165) is 34.0 Å². The summed E-state index contributed by atoms with van der Waals surface area (Å²) in [5.74, 6) is -1.64. The first-order valence-electron chi connectivity index (χ1n) is 7.74. The highest BCUT2D eigenvalue weighted by molar-refractivity contribution is 7.16. The molecule has 0 aliphatic heterocycles. The number of hydrogen-bond acceptors (Lipinski definition) is 4. The Hall–Kier alpha value is -3.06. The Morgan fingerprint density at radius 2 is 1.77 bits per heavy atom. The molecule has 26 heavy (non-hydrogen) atoms. The van der Waals surface area contributed by atoms with Gasteiger partial charge in [-0.1, -0.05) is 0 Å². The highest BCUT2D eigenvalue weighted by Crippen LogP contribution is 2.21. The second-order valence-corrected chi connectivity index (χ2v) is 6.72. The number of halogens is 1. The number of nitrogens with zero attached hydrogens (tertiary/aromatic N) is 2. The maximum atomic E-state index is 13.1. The zero-order valence-corrected chi connectivity index (χ0v) is 14.9. The van der Waals surface area contributed by atoms with Gasteiger partial charge in [0.25, 0.3) is 0 Å². The van der Waals surface area contributed by atoms with Gasteiger partial charge in [0.1, 0.15) is 10.7 Å². The van der Waals surface area contributed by atoms with Gasteiger partial charge in [0, 0.05) is 11.3 Å². The summed E-state index contributed by atoms with van der Waals surface area (Å²) in [6.45, 7) is 3.69. The van der Waals surface area contributed by atoms with Crippen molar-refractivity contribution in [2.75, 3.05) is 0 Å². The number of aryl methyl sites for hydroxylation is 1. The Balaban J connectivity index is 1.87. The molecule has 3 rings (SSSR count). The SMILES string of the molecule is Cc1nn(-c2ccc(F)cc2)c(C)c1/C=C/C(=O)c1ccc(C(=O)O)s1. The lowest BCUT2D eigenvalue weighted by Crippen LogP contribution is -1.99. The number of thiophene rings is 1. The molecule has 1 aromatic carbocycles. The summed E-state index contributed by atoms with van der Waals surface area (Å²) >= 11 is 0.939. The van der Waals surface area contributed by atoms with Gasteiger partial charge in [-0.25, -0.2) is 13.9 Å². The van der Waals surface area contributed by atoms with E-state index in [4.69, 9.17) is 5.11 Å². The number of carboxylic acid groups (broad SMARTS) is 1. The summed E-state index contributed by atoms with van der Waals surface area (Å²) in [5.41, 5.74) is 3.06. The maximum absolute atomic E-state index is 13.1. The molecule has 0 aliphatic rings. The van der Waals surface area contributed by atoms with Crippen LogP contribution in [0.2, 0.25) is 0 Å². The van der Waals surface area contributed by atoms with Crippen molar-refractivity contribution >= 4 is 29.2 Å². The Morgan fingerprint density at radius 3 is 2.38 bits per heavy atom. The highest BCUT2D eigenvalue weighted by atomic mass is 32.1. The van der Waals surface area contributed by atoms with E-state index >= 15 is 0 Å². The Kier molecular flexibility index (Phi) is 4.81. The van der Waals surface area contributed by atoms with E-state index in [0.29, 0.717) is 4.88 Å². The molecule has 132 valence electrons. The van der Waals surface area contributed by atoms with Gasteiger partial charge in [0.15, 0.2) is 5.78 Å². The van der Waals surface area contributed by atoms with Crippen LogP contribution in [0, 0.1) is 19.7 Å². The van der Waals surface area contributed by atoms with Crippen LogP contribution < -0.4 is 0 Å². The summed E-state index contributed by atoms with van der Waals surface area (Å²) in [6.07, 6.45) is 3.07. The number of rotatable bonds is 5. The van der Waals surface area contributed by atoms with E-state index in [2.05, 4.69) is 5.10 Å². The summed E-state index contributed by atoms with van der Waals surface area (Å²) < 4.78 is 14.8. The van der Waals surface area contributed by atoms with E-state index in [9.17, 15) is 14.0 Å². The monoisotopic (exact) mass is 370 g/mol. The van der Waals surface area contributed by atoms with Gasteiger partial charge in [-0.05, 0) is 62.4 Å². The maximum Gasteiger partial charge on any atom is 0.345 e. The molecule has 0 aliphatic carbocycles.